The summed E-state index contributed by atoms with van der Waals surface area (Å²) in [4.78, 5) is 12.5. The molecular formula is C13H19N5O2S2. The highest BCUT2D eigenvalue weighted by Crippen LogP contribution is 2.38. The molecule has 0 unspecified atom stereocenters. The Morgan fingerprint density at radius 3 is 3.00 bits per heavy atom. The first-order valence-corrected chi connectivity index (χ1v) is 8.95. The van der Waals surface area contributed by atoms with Crippen molar-refractivity contribution < 1.29 is 9.47 Å². The second-order valence-electron chi connectivity index (χ2n) is 5.08. The summed E-state index contributed by atoms with van der Waals surface area (Å²) in [5.74, 6) is 0.980. The van der Waals surface area contributed by atoms with Gasteiger partial charge in [-0.1, -0.05) is 6.92 Å². The molecule has 0 aliphatic carbocycles. The van der Waals surface area contributed by atoms with Crippen LogP contribution in [0.1, 0.15) is 19.6 Å². The van der Waals surface area contributed by atoms with Crippen molar-refractivity contribution in [1.82, 2.24) is 19.5 Å². The maximum atomic E-state index is 6.14. The van der Waals surface area contributed by atoms with Crippen LogP contribution in [-0.4, -0.2) is 49.2 Å². The third-order valence-corrected chi connectivity index (χ3v) is 4.67. The van der Waals surface area contributed by atoms with Crippen LogP contribution in [0.2, 0.25) is 0 Å². The lowest BCUT2D eigenvalue weighted by Crippen LogP contribution is -2.30. The van der Waals surface area contributed by atoms with E-state index in [1.165, 1.54) is 6.33 Å². The fourth-order valence-electron chi connectivity index (χ4n) is 2.69. The Hall–Kier alpha value is -1.03. The predicted molar refractivity (Wildman–Crippen MR) is 90.0 cm³/mol. The largest absolute Gasteiger partial charge is 0.382 e. The summed E-state index contributed by atoms with van der Waals surface area (Å²) >= 11 is 6.36. The summed E-state index contributed by atoms with van der Waals surface area (Å²) in [5, 5.41) is -0.106. The van der Waals surface area contributed by atoms with Crippen LogP contribution in [0.4, 0.5) is 5.82 Å². The highest BCUT2D eigenvalue weighted by molar-refractivity contribution is 7.98. The van der Waals surface area contributed by atoms with Gasteiger partial charge in [-0.05, 0) is 12.7 Å². The summed E-state index contributed by atoms with van der Waals surface area (Å²) in [5.41, 5.74) is 7.06. The van der Waals surface area contributed by atoms with Gasteiger partial charge in [-0.25, -0.2) is 15.0 Å². The number of ether oxygens (including phenoxy) is 2. The van der Waals surface area contributed by atoms with Crippen molar-refractivity contribution in [2.75, 3.05) is 17.9 Å². The number of imidazole rings is 1. The Balaban J connectivity index is 1.92. The van der Waals surface area contributed by atoms with E-state index in [2.05, 4.69) is 21.9 Å². The third-order valence-electron chi connectivity index (χ3n) is 3.75. The van der Waals surface area contributed by atoms with Gasteiger partial charge in [-0.2, -0.15) is 12.6 Å². The average Bonchev–Trinajstić information content (AvgIpc) is 3.07. The van der Waals surface area contributed by atoms with Gasteiger partial charge in [0, 0.05) is 0 Å². The lowest BCUT2D eigenvalue weighted by atomic mass is 10.1. The van der Waals surface area contributed by atoms with Gasteiger partial charge in [0.05, 0.1) is 23.6 Å². The van der Waals surface area contributed by atoms with E-state index in [4.69, 9.17) is 27.8 Å². The first-order valence-electron chi connectivity index (χ1n) is 7.04. The SMILES string of the molecule is CC[C@H]1O[C@@H](n2cnc3c(N)ncnc32)[C@H](S)[C@@H]1OCSC. The van der Waals surface area contributed by atoms with E-state index in [1.54, 1.807) is 18.1 Å². The van der Waals surface area contributed by atoms with Gasteiger partial charge in [-0.15, -0.1) is 11.8 Å². The Morgan fingerprint density at radius 2 is 2.27 bits per heavy atom. The quantitative estimate of drug-likeness (QED) is 0.632. The van der Waals surface area contributed by atoms with E-state index in [0.717, 1.165) is 6.42 Å². The summed E-state index contributed by atoms with van der Waals surface area (Å²) in [6.07, 6.45) is 5.60. The van der Waals surface area contributed by atoms with Crippen LogP contribution in [0.25, 0.3) is 11.2 Å². The van der Waals surface area contributed by atoms with E-state index >= 15 is 0 Å². The van der Waals surface area contributed by atoms with Crippen molar-refractivity contribution in [2.45, 2.75) is 37.0 Å². The number of nitrogen functional groups attached to an aromatic ring is 1. The minimum Gasteiger partial charge on any atom is -0.382 e. The minimum absolute atomic E-state index is 0.00344. The summed E-state index contributed by atoms with van der Waals surface area (Å²) in [7, 11) is 0. The number of nitrogens with zero attached hydrogens (tertiary/aromatic N) is 4. The summed E-state index contributed by atoms with van der Waals surface area (Å²) in [6.45, 7) is 2.08. The van der Waals surface area contributed by atoms with E-state index in [1.807, 2.05) is 10.8 Å². The van der Waals surface area contributed by atoms with Crippen LogP contribution in [0.5, 0.6) is 0 Å². The molecule has 7 nitrogen and oxygen atoms in total. The second kappa shape index (κ2) is 6.61. The van der Waals surface area contributed by atoms with Gasteiger partial charge in [0.25, 0.3) is 0 Å². The second-order valence-corrected chi connectivity index (χ2v) is 6.49. The number of hydrogen-bond donors (Lipinski definition) is 2. The van der Waals surface area contributed by atoms with Crippen molar-refractivity contribution in [3.8, 4) is 0 Å². The first-order chi connectivity index (χ1) is 10.7. The molecule has 3 rings (SSSR count). The maximum absolute atomic E-state index is 6.14. The van der Waals surface area contributed by atoms with E-state index < -0.39 is 0 Å². The van der Waals surface area contributed by atoms with Gasteiger partial charge in [-0.3, -0.25) is 4.57 Å². The van der Waals surface area contributed by atoms with Crippen LogP contribution < -0.4 is 5.73 Å². The number of thioether (sulfide) groups is 1. The van der Waals surface area contributed by atoms with E-state index in [0.29, 0.717) is 22.9 Å². The number of anilines is 1. The molecule has 1 fully saturated rings. The normalized spacial score (nSPS) is 28.5. The zero-order valence-corrected chi connectivity index (χ0v) is 14.1. The molecule has 0 amide bonds. The maximum Gasteiger partial charge on any atom is 0.167 e. The lowest BCUT2D eigenvalue weighted by Gasteiger charge is -2.20. The molecule has 1 aliphatic heterocycles. The molecule has 22 heavy (non-hydrogen) atoms. The zero-order chi connectivity index (χ0) is 15.7. The molecule has 4 atom stereocenters. The van der Waals surface area contributed by atoms with Crippen molar-refractivity contribution in [1.29, 1.82) is 0 Å². The standard InChI is InChI=1S/C13H19N5O2S2/c1-3-7-9(19-6-22-2)10(21)13(20-7)18-5-17-8-11(14)15-4-16-12(8)18/h4-5,7,9-10,13,21H,3,6H2,1-2H3,(H2,14,15,16)/t7-,9-,10-,13-/m1/s1. The van der Waals surface area contributed by atoms with Gasteiger partial charge in [0.15, 0.2) is 17.7 Å². The number of rotatable bonds is 5. The highest BCUT2D eigenvalue weighted by Gasteiger charge is 2.44. The summed E-state index contributed by atoms with van der Waals surface area (Å²) in [6, 6.07) is 0. The molecule has 0 radical (unpaired) electrons. The number of thiol groups is 1. The Labute approximate surface area is 138 Å². The number of aromatic nitrogens is 4. The number of fused-ring (bicyclic) bond motifs is 1. The molecular weight excluding hydrogens is 322 g/mol. The van der Waals surface area contributed by atoms with Gasteiger partial charge < -0.3 is 15.2 Å². The molecule has 2 aromatic rings. The topological polar surface area (TPSA) is 88.1 Å². The smallest absolute Gasteiger partial charge is 0.167 e. The Kier molecular flexibility index (Phi) is 4.76. The Morgan fingerprint density at radius 1 is 1.45 bits per heavy atom. The third kappa shape index (κ3) is 2.66. The van der Waals surface area contributed by atoms with Gasteiger partial charge in [0.1, 0.15) is 17.9 Å². The molecule has 120 valence electrons. The van der Waals surface area contributed by atoms with Crippen molar-refractivity contribution in [3.05, 3.63) is 12.7 Å². The molecule has 2 N–H and O–H groups in total. The molecule has 0 saturated carbocycles. The first kappa shape index (κ1) is 15.9. The van der Waals surface area contributed by atoms with Crippen molar-refractivity contribution >= 4 is 41.4 Å². The van der Waals surface area contributed by atoms with Crippen LogP contribution in [0.15, 0.2) is 12.7 Å². The van der Waals surface area contributed by atoms with Crippen molar-refractivity contribution in [3.63, 3.8) is 0 Å². The molecule has 0 spiro atoms. The van der Waals surface area contributed by atoms with Crippen LogP contribution >= 0.6 is 24.4 Å². The van der Waals surface area contributed by atoms with Crippen molar-refractivity contribution in [2.24, 2.45) is 0 Å². The fourth-order valence-corrected chi connectivity index (χ4v) is 3.47. The number of nitrogens with two attached hydrogens (primary N) is 1. The van der Waals surface area contributed by atoms with E-state index in [9.17, 15) is 0 Å². The summed E-state index contributed by atoms with van der Waals surface area (Å²) < 4.78 is 13.9. The molecule has 0 aromatic carbocycles. The predicted octanol–water partition coefficient (Wildman–Crippen LogP) is 1.72. The fraction of sp³-hybridized carbons (Fsp3) is 0.615. The molecule has 0 bridgehead atoms. The van der Waals surface area contributed by atoms with Gasteiger partial charge in [0.2, 0.25) is 0 Å². The Bertz CT molecular complexity index is 652. The molecule has 1 saturated heterocycles. The van der Waals surface area contributed by atoms with Crippen LogP contribution in [-0.2, 0) is 9.47 Å². The van der Waals surface area contributed by atoms with E-state index in [-0.39, 0.29) is 23.7 Å². The molecule has 2 aromatic heterocycles. The zero-order valence-electron chi connectivity index (χ0n) is 12.4. The van der Waals surface area contributed by atoms with Gasteiger partial charge >= 0.3 is 0 Å². The van der Waals surface area contributed by atoms with Crippen LogP contribution in [0.3, 0.4) is 0 Å². The lowest BCUT2D eigenvalue weighted by molar-refractivity contribution is -0.0297. The molecule has 9 heteroatoms. The molecule has 3 heterocycles. The monoisotopic (exact) mass is 341 g/mol. The van der Waals surface area contributed by atoms with Crippen LogP contribution in [0, 0.1) is 0 Å². The number of hydrogen-bond acceptors (Lipinski definition) is 8. The highest BCUT2D eigenvalue weighted by atomic mass is 32.2. The minimum atomic E-state index is -0.292. The molecule has 1 aliphatic rings. The average molecular weight is 341 g/mol.